The van der Waals surface area contributed by atoms with Gasteiger partial charge in [-0.05, 0) is 32.0 Å². The average molecular weight is 280 g/mol. The average Bonchev–Trinajstić information content (AvgIpc) is 2.94. The van der Waals surface area contributed by atoms with E-state index < -0.39 is 11.8 Å². The third-order valence-corrected chi connectivity index (χ3v) is 3.96. The van der Waals surface area contributed by atoms with Crippen LogP contribution >= 0.6 is 0 Å². The van der Waals surface area contributed by atoms with Crippen LogP contribution in [-0.2, 0) is 0 Å². The van der Waals surface area contributed by atoms with Gasteiger partial charge in [0.1, 0.15) is 5.82 Å². The largest absolute Gasteiger partial charge is 0.478 e. The maximum atomic E-state index is 13.7. The summed E-state index contributed by atoms with van der Waals surface area (Å²) in [5, 5.41) is 12.0. The van der Waals surface area contributed by atoms with Crippen molar-refractivity contribution in [1.29, 1.82) is 0 Å². The minimum atomic E-state index is -1.11. The summed E-state index contributed by atoms with van der Waals surface area (Å²) >= 11 is 0. The highest BCUT2D eigenvalue weighted by Gasteiger charge is 2.19. The molecule has 1 aromatic rings. The Hall–Kier alpha value is -1.62. The van der Waals surface area contributed by atoms with Crippen LogP contribution < -0.4 is 5.32 Å². The third kappa shape index (κ3) is 3.48. The Bertz CT molecular complexity index is 473. The molecule has 0 aliphatic heterocycles. The van der Waals surface area contributed by atoms with E-state index in [1.807, 2.05) is 0 Å². The van der Waals surface area contributed by atoms with E-state index in [0.717, 1.165) is 6.54 Å². The lowest BCUT2D eigenvalue weighted by Crippen LogP contribution is -2.33. The fourth-order valence-corrected chi connectivity index (χ4v) is 2.77. The number of benzene rings is 1. The summed E-state index contributed by atoms with van der Waals surface area (Å²) in [7, 11) is 2.07. The number of nitrogens with zero attached hydrogens (tertiary/aromatic N) is 1. The molecule has 0 spiro atoms. The van der Waals surface area contributed by atoms with Crippen molar-refractivity contribution in [3.8, 4) is 0 Å². The topological polar surface area (TPSA) is 52.6 Å². The zero-order valence-electron chi connectivity index (χ0n) is 11.7. The normalized spacial score (nSPS) is 15.8. The molecule has 20 heavy (non-hydrogen) atoms. The van der Waals surface area contributed by atoms with Gasteiger partial charge in [-0.15, -0.1) is 0 Å². The predicted octanol–water partition coefficient (Wildman–Crippen LogP) is 2.81. The highest BCUT2D eigenvalue weighted by Crippen LogP contribution is 2.23. The van der Waals surface area contributed by atoms with Crippen LogP contribution in [0.15, 0.2) is 18.2 Å². The highest BCUT2D eigenvalue weighted by molar-refractivity contribution is 5.94. The molecule has 0 bridgehead atoms. The molecule has 0 radical (unpaired) electrons. The van der Waals surface area contributed by atoms with E-state index in [1.165, 1.54) is 43.9 Å². The summed E-state index contributed by atoms with van der Waals surface area (Å²) in [6.45, 7) is 1.31. The molecule has 1 aromatic carbocycles. The SMILES string of the molecule is CN(CCNc1c(F)cccc1C(=O)O)C1CCCC1. The zero-order valence-corrected chi connectivity index (χ0v) is 11.7. The van der Waals surface area contributed by atoms with Crippen molar-refractivity contribution in [3.63, 3.8) is 0 Å². The van der Waals surface area contributed by atoms with Gasteiger partial charge in [0.15, 0.2) is 0 Å². The molecule has 1 fully saturated rings. The van der Waals surface area contributed by atoms with E-state index in [-0.39, 0.29) is 11.3 Å². The second-order valence-electron chi connectivity index (χ2n) is 5.31. The zero-order chi connectivity index (χ0) is 14.5. The Labute approximate surface area is 118 Å². The van der Waals surface area contributed by atoms with Crippen molar-refractivity contribution >= 4 is 11.7 Å². The third-order valence-electron chi connectivity index (χ3n) is 3.96. The van der Waals surface area contributed by atoms with E-state index in [4.69, 9.17) is 5.11 Å². The van der Waals surface area contributed by atoms with Crippen LogP contribution in [0.2, 0.25) is 0 Å². The minimum Gasteiger partial charge on any atom is -0.478 e. The number of halogens is 1. The first kappa shape index (κ1) is 14.8. The molecule has 0 heterocycles. The number of aromatic carboxylic acids is 1. The minimum absolute atomic E-state index is 0.0199. The molecule has 2 rings (SSSR count). The molecule has 0 aromatic heterocycles. The van der Waals surface area contributed by atoms with Crippen LogP contribution in [0.5, 0.6) is 0 Å². The summed E-state index contributed by atoms with van der Waals surface area (Å²) < 4.78 is 13.7. The number of rotatable bonds is 6. The Morgan fingerprint density at radius 3 is 2.80 bits per heavy atom. The van der Waals surface area contributed by atoms with Gasteiger partial charge >= 0.3 is 5.97 Å². The lowest BCUT2D eigenvalue weighted by atomic mass is 10.1. The highest BCUT2D eigenvalue weighted by atomic mass is 19.1. The van der Waals surface area contributed by atoms with Gasteiger partial charge in [-0.25, -0.2) is 9.18 Å². The fraction of sp³-hybridized carbons (Fsp3) is 0.533. The number of carbonyl (C=O) groups is 1. The van der Waals surface area contributed by atoms with Crippen molar-refractivity contribution in [2.24, 2.45) is 0 Å². The summed E-state index contributed by atoms with van der Waals surface area (Å²) in [5.74, 6) is -1.63. The van der Waals surface area contributed by atoms with Crippen molar-refractivity contribution in [1.82, 2.24) is 4.90 Å². The molecular formula is C15H21FN2O2. The number of nitrogens with one attached hydrogen (secondary N) is 1. The molecule has 1 aliphatic carbocycles. The van der Waals surface area contributed by atoms with Crippen LogP contribution in [0.4, 0.5) is 10.1 Å². The smallest absolute Gasteiger partial charge is 0.337 e. The van der Waals surface area contributed by atoms with Gasteiger partial charge in [0.2, 0.25) is 0 Å². The molecular weight excluding hydrogens is 259 g/mol. The Morgan fingerprint density at radius 2 is 2.15 bits per heavy atom. The van der Waals surface area contributed by atoms with Crippen LogP contribution in [0.1, 0.15) is 36.0 Å². The number of carboxylic acid groups (broad SMARTS) is 1. The standard InChI is InChI=1S/C15H21FN2O2/c1-18(11-5-2-3-6-11)10-9-17-14-12(15(19)20)7-4-8-13(14)16/h4,7-8,11,17H,2-3,5-6,9-10H2,1H3,(H,19,20). The summed E-state index contributed by atoms with van der Waals surface area (Å²) in [5.41, 5.74) is 0.0633. The summed E-state index contributed by atoms with van der Waals surface area (Å²) in [4.78, 5) is 13.3. The maximum absolute atomic E-state index is 13.7. The second kappa shape index (κ2) is 6.70. The van der Waals surface area contributed by atoms with E-state index in [0.29, 0.717) is 12.6 Å². The van der Waals surface area contributed by atoms with Crippen LogP contribution in [0.3, 0.4) is 0 Å². The molecule has 1 saturated carbocycles. The molecule has 110 valence electrons. The van der Waals surface area contributed by atoms with Crippen LogP contribution in [0, 0.1) is 5.82 Å². The van der Waals surface area contributed by atoms with Gasteiger partial charge in [-0.2, -0.15) is 0 Å². The number of para-hydroxylation sites is 1. The molecule has 1 aliphatic rings. The Balaban J connectivity index is 1.92. The summed E-state index contributed by atoms with van der Waals surface area (Å²) in [6.07, 6.45) is 4.99. The molecule has 2 N–H and O–H groups in total. The molecule has 0 atom stereocenters. The number of hydrogen-bond donors (Lipinski definition) is 2. The molecule has 4 nitrogen and oxygen atoms in total. The van der Waals surface area contributed by atoms with Crippen molar-refractivity contribution in [2.45, 2.75) is 31.7 Å². The van der Waals surface area contributed by atoms with Gasteiger partial charge in [0.05, 0.1) is 11.3 Å². The van der Waals surface area contributed by atoms with Crippen molar-refractivity contribution < 1.29 is 14.3 Å². The van der Waals surface area contributed by atoms with E-state index in [9.17, 15) is 9.18 Å². The lowest BCUT2D eigenvalue weighted by molar-refractivity contribution is 0.0697. The van der Waals surface area contributed by atoms with E-state index >= 15 is 0 Å². The van der Waals surface area contributed by atoms with Crippen LogP contribution in [0.25, 0.3) is 0 Å². The van der Waals surface area contributed by atoms with Gasteiger partial charge in [0, 0.05) is 19.1 Å². The first-order chi connectivity index (χ1) is 9.59. The van der Waals surface area contributed by atoms with Gasteiger partial charge < -0.3 is 15.3 Å². The first-order valence-electron chi connectivity index (χ1n) is 7.05. The molecule has 0 unspecified atom stereocenters. The van der Waals surface area contributed by atoms with Gasteiger partial charge in [0.25, 0.3) is 0 Å². The number of likely N-dealkylation sites (N-methyl/N-ethyl adjacent to an activating group) is 1. The van der Waals surface area contributed by atoms with Crippen molar-refractivity contribution in [3.05, 3.63) is 29.6 Å². The molecule has 5 heteroatoms. The molecule has 0 saturated heterocycles. The van der Waals surface area contributed by atoms with Crippen LogP contribution in [-0.4, -0.2) is 42.2 Å². The van der Waals surface area contributed by atoms with Gasteiger partial charge in [-0.1, -0.05) is 18.9 Å². The van der Waals surface area contributed by atoms with Crippen molar-refractivity contribution in [2.75, 3.05) is 25.5 Å². The Kier molecular flexibility index (Phi) is 4.95. The number of carboxylic acids is 1. The Morgan fingerprint density at radius 1 is 1.45 bits per heavy atom. The molecule has 0 amide bonds. The monoisotopic (exact) mass is 280 g/mol. The van der Waals surface area contributed by atoms with E-state index in [2.05, 4.69) is 17.3 Å². The lowest BCUT2D eigenvalue weighted by Gasteiger charge is -2.24. The fourth-order valence-electron chi connectivity index (χ4n) is 2.77. The number of hydrogen-bond acceptors (Lipinski definition) is 3. The second-order valence-corrected chi connectivity index (χ2v) is 5.31. The first-order valence-corrected chi connectivity index (χ1v) is 7.05. The number of anilines is 1. The maximum Gasteiger partial charge on any atom is 0.337 e. The van der Waals surface area contributed by atoms with E-state index in [1.54, 1.807) is 0 Å². The quantitative estimate of drug-likeness (QED) is 0.841. The summed E-state index contributed by atoms with van der Waals surface area (Å²) in [6, 6.07) is 4.70. The van der Waals surface area contributed by atoms with Gasteiger partial charge in [-0.3, -0.25) is 0 Å². The predicted molar refractivity (Wildman–Crippen MR) is 76.7 cm³/mol.